The normalized spacial score (nSPS) is 10.6. The number of phenolic OH excluding ortho intramolecular Hbond substituents is 2. The van der Waals surface area contributed by atoms with Gasteiger partial charge in [0.05, 0.1) is 11.4 Å². The average molecular weight is 736 g/mol. The molecule has 0 saturated carbocycles. The van der Waals surface area contributed by atoms with Crippen molar-refractivity contribution in [3.63, 3.8) is 0 Å². The molecular weight excluding hydrogens is 716 g/mol. The molecule has 0 unspecified atom stereocenters. The van der Waals surface area contributed by atoms with E-state index in [0.717, 1.165) is 8.95 Å². The van der Waals surface area contributed by atoms with Crippen LogP contribution < -0.4 is 0 Å². The van der Waals surface area contributed by atoms with Gasteiger partial charge in [-0.1, -0.05) is 31.9 Å². The van der Waals surface area contributed by atoms with Gasteiger partial charge in [0.15, 0.2) is 0 Å². The number of phenols is 4. The van der Waals surface area contributed by atoms with Crippen LogP contribution in [0.15, 0.2) is 91.7 Å². The monoisotopic (exact) mass is 733 g/mol. The number of hydrogen-bond donors (Lipinski definition) is 6. The van der Waals surface area contributed by atoms with Gasteiger partial charge in [0.1, 0.15) is 34.1 Å². The van der Waals surface area contributed by atoms with Gasteiger partial charge in [-0.05, 0) is 72.8 Å². The summed E-state index contributed by atoms with van der Waals surface area (Å²) in [6, 6.07) is 17.8. The number of nitrogens with zero attached hydrogens (tertiary/aromatic N) is 2. The Morgan fingerprint density at radius 1 is 0.561 bits per heavy atom. The van der Waals surface area contributed by atoms with Crippen LogP contribution in [0.3, 0.4) is 0 Å². The SMILES string of the molecule is O=C(O)c1cc(N=Cc2cc(Br)ccc2O)ccc1O.O=C(O)c1cc(N=Cc2cc(Br)ccc2O)ccc1O.[Cu]. The first-order valence-electron chi connectivity index (χ1n) is 11.1. The molecule has 0 aliphatic heterocycles. The van der Waals surface area contributed by atoms with Crippen LogP contribution in [0.4, 0.5) is 11.4 Å². The molecule has 10 nitrogen and oxygen atoms in total. The quantitative estimate of drug-likeness (QED) is 0.0945. The molecule has 6 N–H and O–H groups in total. The summed E-state index contributed by atoms with van der Waals surface area (Å²) < 4.78 is 1.57. The number of benzene rings is 4. The molecule has 0 saturated heterocycles. The van der Waals surface area contributed by atoms with Crippen molar-refractivity contribution in [2.75, 3.05) is 0 Å². The van der Waals surface area contributed by atoms with E-state index in [1.165, 1.54) is 61.0 Å². The number of aromatic carboxylic acids is 2. The van der Waals surface area contributed by atoms with Gasteiger partial charge in [0.2, 0.25) is 0 Å². The minimum absolute atomic E-state index is 0. The zero-order chi connectivity index (χ0) is 29.4. The van der Waals surface area contributed by atoms with E-state index in [0.29, 0.717) is 22.5 Å². The van der Waals surface area contributed by atoms with E-state index >= 15 is 0 Å². The number of carboxylic acid groups (broad SMARTS) is 2. The molecule has 4 aromatic rings. The average Bonchev–Trinajstić information content (AvgIpc) is 2.91. The third kappa shape index (κ3) is 9.47. The number of halogens is 2. The molecule has 0 spiro atoms. The van der Waals surface area contributed by atoms with E-state index in [2.05, 4.69) is 41.8 Å². The van der Waals surface area contributed by atoms with Crippen LogP contribution in [-0.4, -0.2) is 55.0 Å². The van der Waals surface area contributed by atoms with Gasteiger partial charge in [-0.25, -0.2) is 9.59 Å². The van der Waals surface area contributed by atoms with Crippen molar-refractivity contribution in [3.05, 3.63) is 104 Å². The van der Waals surface area contributed by atoms with Crippen molar-refractivity contribution < 1.29 is 57.3 Å². The smallest absolute Gasteiger partial charge is 0.339 e. The molecule has 4 rings (SSSR count). The van der Waals surface area contributed by atoms with Crippen molar-refractivity contribution >= 4 is 67.6 Å². The van der Waals surface area contributed by atoms with Crippen molar-refractivity contribution in [1.29, 1.82) is 0 Å². The first-order valence-corrected chi connectivity index (χ1v) is 12.7. The van der Waals surface area contributed by atoms with E-state index in [4.69, 9.17) is 10.2 Å². The standard InChI is InChI=1S/2C14H10BrNO4.Cu/c2*15-9-1-3-12(17)8(5-9)7-16-10-2-4-13(18)11(6-10)14(19)20;/h2*1-7,17-18H,(H,19,20);. The zero-order valence-corrected chi connectivity index (χ0v) is 24.6. The molecule has 0 aliphatic rings. The summed E-state index contributed by atoms with van der Waals surface area (Å²) in [5.41, 5.74) is 1.25. The second-order valence-electron chi connectivity index (χ2n) is 7.94. The third-order valence-electron chi connectivity index (χ3n) is 5.11. The first kappa shape index (κ1) is 33.0. The molecule has 41 heavy (non-hydrogen) atoms. The molecule has 0 heterocycles. The van der Waals surface area contributed by atoms with Crippen LogP contribution in [-0.2, 0) is 17.1 Å². The van der Waals surface area contributed by atoms with Gasteiger partial charge in [0.25, 0.3) is 0 Å². The van der Waals surface area contributed by atoms with Gasteiger partial charge in [0, 0.05) is 49.6 Å². The summed E-state index contributed by atoms with van der Waals surface area (Å²) in [5, 5.41) is 55.9. The maximum atomic E-state index is 10.9. The summed E-state index contributed by atoms with van der Waals surface area (Å²) in [6.07, 6.45) is 2.83. The Labute approximate surface area is 260 Å². The second kappa shape index (κ2) is 15.0. The topological polar surface area (TPSA) is 180 Å². The molecule has 0 atom stereocenters. The Bertz CT molecular complexity index is 1520. The Morgan fingerprint density at radius 2 is 0.902 bits per heavy atom. The van der Waals surface area contributed by atoms with Crippen molar-refractivity contribution in [2.45, 2.75) is 0 Å². The summed E-state index contributed by atoms with van der Waals surface area (Å²) >= 11 is 6.56. The van der Waals surface area contributed by atoms with Crippen molar-refractivity contribution in [2.24, 2.45) is 9.98 Å². The number of aromatic hydroxyl groups is 4. The van der Waals surface area contributed by atoms with Crippen LogP contribution in [0.1, 0.15) is 31.8 Å². The Kier molecular flexibility index (Phi) is 12.1. The van der Waals surface area contributed by atoms with Crippen LogP contribution in [0, 0.1) is 0 Å². The Morgan fingerprint density at radius 3 is 1.24 bits per heavy atom. The van der Waals surface area contributed by atoms with Crippen LogP contribution in [0.5, 0.6) is 23.0 Å². The molecule has 0 fully saturated rings. The van der Waals surface area contributed by atoms with Gasteiger partial charge >= 0.3 is 11.9 Å². The maximum absolute atomic E-state index is 10.9. The third-order valence-corrected chi connectivity index (χ3v) is 6.09. The van der Waals surface area contributed by atoms with Crippen LogP contribution in [0.2, 0.25) is 0 Å². The molecule has 0 aliphatic carbocycles. The minimum Gasteiger partial charge on any atom is -0.507 e. The number of carboxylic acids is 2. The maximum Gasteiger partial charge on any atom is 0.339 e. The Balaban J connectivity index is 0.000000280. The van der Waals surface area contributed by atoms with Gasteiger partial charge in [-0.2, -0.15) is 0 Å². The van der Waals surface area contributed by atoms with Crippen LogP contribution in [0.25, 0.3) is 0 Å². The molecule has 0 aromatic heterocycles. The fourth-order valence-electron chi connectivity index (χ4n) is 3.10. The van der Waals surface area contributed by atoms with Gasteiger partial charge < -0.3 is 30.6 Å². The van der Waals surface area contributed by atoms with Gasteiger partial charge in [-0.15, -0.1) is 0 Å². The summed E-state index contributed by atoms with van der Waals surface area (Å²) in [4.78, 5) is 29.9. The molecule has 13 heteroatoms. The van der Waals surface area contributed by atoms with E-state index in [-0.39, 0.29) is 51.2 Å². The van der Waals surface area contributed by atoms with E-state index in [1.54, 1.807) is 24.3 Å². The molecule has 4 aromatic carbocycles. The number of carbonyl (C=O) groups is 2. The largest absolute Gasteiger partial charge is 0.507 e. The van der Waals surface area contributed by atoms with E-state index < -0.39 is 11.9 Å². The minimum atomic E-state index is -1.23. The molecule has 0 amide bonds. The van der Waals surface area contributed by atoms with E-state index in [1.807, 2.05) is 0 Å². The Hall–Kier alpha value is -4.16. The summed E-state index contributed by atoms with van der Waals surface area (Å²) in [6.45, 7) is 0. The predicted molar refractivity (Wildman–Crippen MR) is 156 cm³/mol. The van der Waals surface area contributed by atoms with Gasteiger partial charge in [-0.3, -0.25) is 9.98 Å². The molecule has 215 valence electrons. The first-order chi connectivity index (χ1) is 18.9. The predicted octanol–water partition coefficient (Wildman–Crippen LogP) is 6.62. The number of rotatable bonds is 6. The van der Waals surface area contributed by atoms with E-state index in [9.17, 15) is 30.0 Å². The summed E-state index contributed by atoms with van der Waals surface area (Å²) in [7, 11) is 0. The molecular formula is C28H20Br2CuN2O8. The van der Waals surface area contributed by atoms with Crippen LogP contribution >= 0.6 is 31.9 Å². The van der Waals surface area contributed by atoms with Crippen molar-refractivity contribution in [1.82, 2.24) is 0 Å². The fraction of sp³-hybridized carbons (Fsp3) is 0. The van der Waals surface area contributed by atoms with Crippen molar-refractivity contribution in [3.8, 4) is 23.0 Å². The zero-order valence-electron chi connectivity index (χ0n) is 20.5. The fourth-order valence-corrected chi connectivity index (χ4v) is 3.85. The molecule has 1 radical (unpaired) electrons. The number of hydrogen-bond acceptors (Lipinski definition) is 8. The summed E-state index contributed by atoms with van der Waals surface area (Å²) in [5.74, 6) is -2.97. The molecule has 0 bridgehead atoms. The second-order valence-corrected chi connectivity index (χ2v) is 9.77. The number of aliphatic imine (C=N–C) groups is 2.